The number of thiophene rings is 1. The van der Waals surface area contributed by atoms with Gasteiger partial charge in [-0.15, -0.1) is 11.3 Å². The largest absolute Gasteiger partial charge is 0.396 e. The second-order valence-electron chi connectivity index (χ2n) is 4.21. The molecular weight excluding hydrogens is 261 g/mol. The van der Waals surface area contributed by atoms with Crippen LogP contribution in [0.5, 0.6) is 0 Å². The van der Waals surface area contributed by atoms with Gasteiger partial charge in [0.15, 0.2) is 5.78 Å². The van der Waals surface area contributed by atoms with Crippen molar-refractivity contribution in [2.24, 2.45) is 0 Å². The van der Waals surface area contributed by atoms with E-state index in [1.54, 1.807) is 11.4 Å². The van der Waals surface area contributed by atoms with Crippen LogP contribution in [0.25, 0.3) is 10.1 Å². The summed E-state index contributed by atoms with van der Waals surface area (Å²) in [5.41, 5.74) is 6.38. The van der Waals surface area contributed by atoms with Crippen LogP contribution >= 0.6 is 11.3 Å². The Labute approximate surface area is 113 Å². The molecular formula is C15H10FNOS. The minimum atomic E-state index is -0.564. The van der Waals surface area contributed by atoms with E-state index in [1.165, 1.54) is 23.5 Å². The summed E-state index contributed by atoms with van der Waals surface area (Å²) in [6.45, 7) is 0. The molecule has 0 saturated heterocycles. The summed E-state index contributed by atoms with van der Waals surface area (Å²) in [5.74, 6) is -0.748. The van der Waals surface area contributed by atoms with E-state index in [0.29, 0.717) is 11.1 Å². The molecule has 0 saturated carbocycles. The monoisotopic (exact) mass is 271 g/mol. The van der Waals surface area contributed by atoms with Gasteiger partial charge in [-0.25, -0.2) is 4.39 Å². The molecule has 2 nitrogen and oxygen atoms in total. The summed E-state index contributed by atoms with van der Waals surface area (Å²) in [5, 5.41) is 2.70. The van der Waals surface area contributed by atoms with Gasteiger partial charge in [0, 0.05) is 26.6 Å². The van der Waals surface area contributed by atoms with E-state index in [-0.39, 0.29) is 11.5 Å². The SMILES string of the molecule is Nc1ccc(C(=O)c2csc3ccccc23)cc1F. The third-order valence-electron chi connectivity index (χ3n) is 2.99. The van der Waals surface area contributed by atoms with Crippen molar-refractivity contribution in [3.8, 4) is 0 Å². The number of fused-ring (bicyclic) bond motifs is 1. The molecule has 3 rings (SSSR count). The van der Waals surface area contributed by atoms with E-state index in [4.69, 9.17) is 5.73 Å². The van der Waals surface area contributed by atoms with Crippen LogP contribution in [-0.4, -0.2) is 5.78 Å². The number of hydrogen-bond donors (Lipinski definition) is 1. The summed E-state index contributed by atoms with van der Waals surface area (Å²) in [7, 11) is 0. The van der Waals surface area contributed by atoms with Crippen molar-refractivity contribution < 1.29 is 9.18 Å². The lowest BCUT2D eigenvalue weighted by molar-refractivity contribution is 0.104. The predicted molar refractivity (Wildman–Crippen MR) is 76.1 cm³/mol. The van der Waals surface area contributed by atoms with Gasteiger partial charge in [-0.3, -0.25) is 4.79 Å². The van der Waals surface area contributed by atoms with E-state index in [0.717, 1.165) is 10.1 Å². The summed E-state index contributed by atoms with van der Waals surface area (Å²) in [4.78, 5) is 12.4. The maximum atomic E-state index is 13.4. The van der Waals surface area contributed by atoms with Crippen LogP contribution in [0.2, 0.25) is 0 Å². The molecule has 4 heteroatoms. The van der Waals surface area contributed by atoms with Gasteiger partial charge < -0.3 is 5.73 Å². The summed E-state index contributed by atoms with van der Waals surface area (Å²) in [6.07, 6.45) is 0. The Kier molecular flexibility index (Phi) is 2.80. The molecule has 0 amide bonds. The van der Waals surface area contributed by atoms with Crippen LogP contribution in [0.4, 0.5) is 10.1 Å². The second-order valence-corrected chi connectivity index (χ2v) is 5.12. The number of carbonyl (C=O) groups excluding carboxylic acids is 1. The highest BCUT2D eigenvalue weighted by molar-refractivity contribution is 7.17. The molecule has 0 aliphatic heterocycles. The molecule has 0 aliphatic rings. The lowest BCUT2D eigenvalue weighted by Crippen LogP contribution is -2.02. The number of halogens is 1. The van der Waals surface area contributed by atoms with Gasteiger partial charge in [-0.2, -0.15) is 0 Å². The molecule has 0 spiro atoms. The third-order valence-corrected chi connectivity index (χ3v) is 3.95. The first-order chi connectivity index (χ1) is 9.16. The highest BCUT2D eigenvalue weighted by Gasteiger charge is 2.15. The normalized spacial score (nSPS) is 10.8. The van der Waals surface area contributed by atoms with Crippen molar-refractivity contribution in [3.05, 3.63) is 64.8 Å². The van der Waals surface area contributed by atoms with Gasteiger partial charge in [-0.05, 0) is 24.3 Å². The zero-order chi connectivity index (χ0) is 13.4. The van der Waals surface area contributed by atoms with Crippen molar-refractivity contribution >= 4 is 32.9 Å². The van der Waals surface area contributed by atoms with Crippen molar-refractivity contribution in [1.82, 2.24) is 0 Å². The predicted octanol–water partition coefficient (Wildman–Crippen LogP) is 3.85. The minimum absolute atomic E-state index is 0.0479. The Bertz CT molecular complexity index is 779. The Balaban J connectivity index is 2.11. The smallest absolute Gasteiger partial charge is 0.194 e. The molecule has 2 N–H and O–H groups in total. The zero-order valence-corrected chi connectivity index (χ0v) is 10.7. The van der Waals surface area contributed by atoms with E-state index in [9.17, 15) is 9.18 Å². The van der Waals surface area contributed by atoms with Crippen molar-refractivity contribution in [2.75, 3.05) is 5.73 Å². The molecule has 1 aromatic heterocycles. The quantitative estimate of drug-likeness (QED) is 0.568. The van der Waals surface area contributed by atoms with Crippen molar-refractivity contribution in [2.45, 2.75) is 0 Å². The molecule has 94 valence electrons. The Morgan fingerprint density at radius 3 is 2.74 bits per heavy atom. The minimum Gasteiger partial charge on any atom is -0.396 e. The fourth-order valence-electron chi connectivity index (χ4n) is 1.98. The molecule has 19 heavy (non-hydrogen) atoms. The van der Waals surface area contributed by atoms with Gasteiger partial charge in [0.1, 0.15) is 5.82 Å². The zero-order valence-electron chi connectivity index (χ0n) is 9.89. The molecule has 0 bridgehead atoms. The molecule has 0 radical (unpaired) electrons. The van der Waals surface area contributed by atoms with Crippen molar-refractivity contribution in [1.29, 1.82) is 0 Å². The Morgan fingerprint density at radius 1 is 1.16 bits per heavy atom. The van der Waals surface area contributed by atoms with Crippen LogP contribution in [0.1, 0.15) is 15.9 Å². The first-order valence-electron chi connectivity index (χ1n) is 5.73. The highest BCUT2D eigenvalue weighted by atomic mass is 32.1. The standard InChI is InChI=1S/C15H10FNOS/c16-12-7-9(5-6-13(12)17)15(18)11-8-19-14-4-2-1-3-10(11)14/h1-8H,17H2. The number of benzene rings is 2. The Hall–Kier alpha value is -2.20. The maximum absolute atomic E-state index is 13.4. The number of rotatable bonds is 2. The van der Waals surface area contributed by atoms with Crippen LogP contribution in [-0.2, 0) is 0 Å². The van der Waals surface area contributed by atoms with Crippen molar-refractivity contribution in [3.63, 3.8) is 0 Å². The summed E-state index contributed by atoms with van der Waals surface area (Å²) < 4.78 is 14.5. The first-order valence-corrected chi connectivity index (χ1v) is 6.61. The number of ketones is 1. The molecule has 0 fully saturated rings. The molecule has 3 aromatic rings. The lowest BCUT2D eigenvalue weighted by Gasteiger charge is -2.02. The van der Waals surface area contributed by atoms with Crippen LogP contribution in [0, 0.1) is 5.82 Å². The number of hydrogen-bond acceptors (Lipinski definition) is 3. The molecule has 0 atom stereocenters. The fourth-order valence-corrected chi connectivity index (χ4v) is 2.92. The number of nitrogen functional groups attached to an aromatic ring is 1. The highest BCUT2D eigenvalue weighted by Crippen LogP contribution is 2.28. The van der Waals surface area contributed by atoms with E-state index >= 15 is 0 Å². The van der Waals surface area contributed by atoms with Gasteiger partial charge in [0.25, 0.3) is 0 Å². The Morgan fingerprint density at radius 2 is 1.95 bits per heavy atom. The lowest BCUT2D eigenvalue weighted by atomic mass is 10.0. The average Bonchev–Trinajstić information content (AvgIpc) is 2.85. The van der Waals surface area contributed by atoms with Gasteiger partial charge in [0.05, 0.1) is 5.69 Å². The maximum Gasteiger partial charge on any atom is 0.194 e. The summed E-state index contributed by atoms with van der Waals surface area (Å²) >= 11 is 1.51. The average molecular weight is 271 g/mol. The van der Waals surface area contributed by atoms with Crippen LogP contribution in [0.3, 0.4) is 0 Å². The number of anilines is 1. The third kappa shape index (κ3) is 2.00. The molecule has 0 aliphatic carbocycles. The summed E-state index contributed by atoms with van der Waals surface area (Å²) in [6, 6.07) is 11.8. The molecule has 0 unspecified atom stereocenters. The van der Waals surface area contributed by atoms with E-state index < -0.39 is 5.82 Å². The molecule has 1 heterocycles. The fraction of sp³-hybridized carbons (Fsp3) is 0. The van der Waals surface area contributed by atoms with Gasteiger partial charge in [-0.1, -0.05) is 18.2 Å². The number of nitrogens with two attached hydrogens (primary N) is 1. The first kappa shape index (κ1) is 11.9. The van der Waals surface area contributed by atoms with Gasteiger partial charge >= 0.3 is 0 Å². The van der Waals surface area contributed by atoms with E-state index in [2.05, 4.69) is 0 Å². The molecule has 2 aromatic carbocycles. The number of carbonyl (C=O) groups is 1. The van der Waals surface area contributed by atoms with Crippen LogP contribution in [0.15, 0.2) is 47.8 Å². The van der Waals surface area contributed by atoms with E-state index in [1.807, 2.05) is 24.3 Å². The second kappa shape index (κ2) is 4.48. The van der Waals surface area contributed by atoms with Gasteiger partial charge in [0.2, 0.25) is 0 Å². The van der Waals surface area contributed by atoms with Crippen LogP contribution < -0.4 is 5.73 Å². The topological polar surface area (TPSA) is 43.1 Å².